The van der Waals surface area contributed by atoms with Crippen LogP contribution in [0.5, 0.6) is 5.75 Å². The van der Waals surface area contributed by atoms with Crippen molar-refractivity contribution in [2.45, 2.75) is 32.9 Å². The Hall–Kier alpha value is -1.53. The molecular weight excluding hydrogens is 212 g/mol. The summed E-state index contributed by atoms with van der Waals surface area (Å²) in [6.07, 6.45) is 0. The van der Waals surface area contributed by atoms with E-state index in [1.54, 1.807) is 0 Å². The van der Waals surface area contributed by atoms with Crippen LogP contribution in [0.15, 0.2) is 24.3 Å². The maximum absolute atomic E-state index is 9.04. The minimum Gasteiger partial charge on any atom is -0.494 e. The number of nitrogens with zero attached hydrogens (tertiary/aromatic N) is 2. The Morgan fingerprint density at radius 3 is 2.35 bits per heavy atom. The van der Waals surface area contributed by atoms with E-state index in [9.17, 15) is 0 Å². The normalized spacial score (nSPS) is 11.3. The number of benzene rings is 1. The highest BCUT2D eigenvalue weighted by molar-refractivity contribution is 5.27. The number of hydrogen-bond donors (Lipinski definition) is 0. The summed E-state index contributed by atoms with van der Waals surface area (Å²) in [5.74, 6) is 0.887. The lowest BCUT2D eigenvalue weighted by molar-refractivity contribution is 0.203. The Balaban J connectivity index is 2.67. The van der Waals surface area contributed by atoms with Gasteiger partial charge in [0, 0.05) is 6.54 Å². The number of rotatable bonds is 5. The Morgan fingerprint density at radius 2 is 1.88 bits per heavy atom. The van der Waals surface area contributed by atoms with E-state index in [2.05, 4.69) is 6.07 Å². The molecule has 1 aromatic rings. The van der Waals surface area contributed by atoms with Crippen LogP contribution in [0.3, 0.4) is 0 Å². The smallest absolute Gasteiger partial charge is 0.119 e. The van der Waals surface area contributed by atoms with Crippen molar-refractivity contribution >= 4 is 0 Å². The van der Waals surface area contributed by atoms with Gasteiger partial charge in [-0.25, -0.2) is 0 Å². The second kappa shape index (κ2) is 5.70. The predicted octanol–water partition coefficient (Wildman–Crippen LogP) is 2.82. The lowest BCUT2D eigenvalue weighted by Crippen LogP contribution is -2.38. The fourth-order valence-corrected chi connectivity index (χ4v) is 1.41. The van der Waals surface area contributed by atoms with Crippen LogP contribution in [0.1, 0.15) is 26.3 Å². The van der Waals surface area contributed by atoms with Gasteiger partial charge in [-0.1, -0.05) is 12.1 Å². The molecule has 0 saturated heterocycles. The van der Waals surface area contributed by atoms with Crippen LogP contribution in [0, 0.1) is 11.3 Å². The Morgan fingerprint density at radius 1 is 1.29 bits per heavy atom. The van der Waals surface area contributed by atoms with Crippen LogP contribution >= 0.6 is 0 Å². The first kappa shape index (κ1) is 13.5. The SMILES string of the molecule is CCOc1ccc(CN(C)C(C)(C)C#N)cc1. The van der Waals surface area contributed by atoms with Crippen molar-refractivity contribution in [1.29, 1.82) is 5.26 Å². The molecular formula is C14H20N2O. The standard InChI is InChI=1S/C14H20N2O/c1-5-17-13-8-6-12(7-9-13)10-16(4)14(2,3)11-15/h6-9H,5,10H2,1-4H3. The van der Waals surface area contributed by atoms with Gasteiger partial charge < -0.3 is 4.74 Å². The zero-order valence-electron chi connectivity index (χ0n) is 11.0. The minimum atomic E-state index is -0.446. The van der Waals surface area contributed by atoms with Gasteiger partial charge in [0.25, 0.3) is 0 Å². The van der Waals surface area contributed by atoms with Crippen molar-refractivity contribution in [3.63, 3.8) is 0 Å². The van der Waals surface area contributed by atoms with Gasteiger partial charge in [0.05, 0.1) is 12.7 Å². The summed E-state index contributed by atoms with van der Waals surface area (Å²) in [5.41, 5.74) is 0.734. The molecule has 0 aromatic heterocycles. The highest BCUT2D eigenvalue weighted by atomic mass is 16.5. The van der Waals surface area contributed by atoms with E-state index in [-0.39, 0.29) is 0 Å². The summed E-state index contributed by atoms with van der Waals surface area (Å²) in [7, 11) is 1.96. The van der Waals surface area contributed by atoms with E-state index >= 15 is 0 Å². The Bertz CT molecular complexity index is 390. The van der Waals surface area contributed by atoms with E-state index in [4.69, 9.17) is 10.00 Å². The summed E-state index contributed by atoms with van der Waals surface area (Å²) >= 11 is 0. The van der Waals surface area contributed by atoms with Crippen LogP contribution in [-0.2, 0) is 6.54 Å². The summed E-state index contributed by atoms with van der Waals surface area (Å²) in [6.45, 7) is 7.24. The van der Waals surface area contributed by atoms with Crippen LogP contribution in [0.4, 0.5) is 0 Å². The van der Waals surface area contributed by atoms with Crippen molar-refractivity contribution in [3.8, 4) is 11.8 Å². The van der Waals surface area contributed by atoms with E-state index in [1.165, 1.54) is 5.56 Å². The van der Waals surface area contributed by atoms with E-state index in [0.29, 0.717) is 6.61 Å². The molecule has 0 amide bonds. The third-order valence-corrected chi connectivity index (χ3v) is 2.88. The molecule has 1 aromatic carbocycles. The molecule has 0 saturated carbocycles. The molecule has 0 aliphatic rings. The van der Waals surface area contributed by atoms with Gasteiger partial charge in [-0.15, -0.1) is 0 Å². The Labute approximate surface area is 104 Å². The first-order valence-electron chi connectivity index (χ1n) is 5.84. The third kappa shape index (κ3) is 3.76. The molecule has 92 valence electrons. The van der Waals surface area contributed by atoms with Crippen LogP contribution in [0.25, 0.3) is 0 Å². The fraction of sp³-hybridized carbons (Fsp3) is 0.500. The molecule has 0 aliphatic heterocycles. The van der Waals surface area contributed by atoms with Gasteiger partial charge in [-0.3, -0.25) is 4.90 Å². The van der Waals surface area contributed by atoms with Crippen molar-refractivity contribution in [3.05, 3.63) is 29.8 Å². The highest BCUT2D eigenvalue weighted by Crippen LogP contribution is 2.17. The second-order valence-electron chi connectivity index (χ2n) is 4.60. The first-order chi connectivity index (χ1) is 7.99. The third-order valence-electron chi connectivity index (χ3n) is 2.88. The quantitative estimate of drug-likeness (QED) is 0.783. The molecule has 0 aliphatic carbocycles. The summed E-state index contributed by atoms with van der Waals surface area (Å²) in [6, 6.07) is 10.3. The molecule has 0 radical (unpaired) electrons. The number of ether oxygens (including phenoxy) is 1. The molecule has 0 N–H and O–H groups in total. The first-order valence-corrected chi connectivity index (χ1v) is 5.84. The van der Waals surface area contributed by atoms with E-state index < -0.39 is 5.54 Å². The lowest BCUT2D eigenvalue weighted by atomic mass is 10.0. The second-order valence-corrected chi connectivity index (χ2v) is 4.60. The van der Waals surface area contributed by atoms with Crippen LogP contribution in [-0.4, -0.2) is 24.1 Å². The largest absolute Gasteiger partial charge is 0.494 e. The molecule has 3 heteroatoms. The molecule has 1 rings (SSSR count). The maximum Gasteiger partial charge on any atom is 0.119 e. The summed E-state index contributed by atoms with van der Waals surface area (Å²) in [5, 5.41) is 9.04. The summed E-state index contributed by atoms with van der Waals surface area (Å²) in [4.78, 5) is 2.03. The number of nitriles is 1. The molecule has 3 nitrogen and oxygen atoms in total. The van der Waals surface area contributed by atoms with Crippen molar-refractivity contribution in [2.24, 2.45) is 0 Å². The number of hydrogen-bond acceptors (Lipinski definition) is 3. The summed E-state index contributed by atoms with van der Waals surface area (Å²) < 4.78 is 5.39. The molecule has 17 heavy (non-hydrogen) atoms. The average molecular weight is 232 g/mol. The minimum absolute atomic E-state index is 0.446. The van der Waals surface area contributed by atoms with E-state index in [1.807, 2.05) is 57.0 Å². The van der Waals surface area contributed by atoms with Gasteiger partial charge in [0.1, 0.15) is 11.3 Å². The molecule has 0 bridgehead atoms. The molecule has 0 fully saturated rings. The fourth-order valence-electron chi connectivity index (χ4n) is 1.41. The van der Waals surface area contributed by atoms with Gasteiger partial charge in [0.15, 0.2) is 0 Å². The average Bonchev–Trinajstić information content (AvgIpc) is 2.32. The van der Waals surface area contributed by atoms with Crippen molar-refractivity contribution < 1.29 is 4.74 Å². The zero-order valence-corrected chi connectivity index (χ0v) is 11.0. The van der Waals surface area contributed by atoms with Crippen molar-refractivity contribution in [1.82, 2.24) is 4.90 Å². The monoisotopic (exact) mass is 232 g/mol. The molecule has 0 heterocycles. The molecule has 0 unspecified atom stereocenters. The van der Waals surface area contributed by atoms with Gasteiger partial charge in [0.2, 0.25) is 0 Å². The molecule has 0 atom stereocenters. The van der Waals surface area contributed by atoms with Gasteiger partial charge in [-0.05, 0) is 45.5 Å². The van der Waals surface area contributed by atoms with Gasteiger partial charge >= 0.3 is 0 Å². The topological polar surface area (TPSA) is 36.3 Å². The maximum atomic E-state index is 9.04. The van der Waals surface area contributed by atoms with E-state index in [0.717, 1.165) is 12.3 Å². The van der Waals surface area contributed by atoms with Crippen molar-refractivity contribution in [2.75, 3.05) is 13.7 Å². The molecule has 0 spiro atoms. The zero-order chi connectivity index (χ0) is 12.9. The predicted molar refractivity (Wildman–Crippen MR) is 68.8 cm³/mol. The van der Waals surface area contributed by atoms with Crippen LogP contribution < -0.4 is 4.74 Å². The van der Waals surface area contributed by atoms with Crippen LogP contribution in [0.2, 0.25) is 0 Å². The lowest BCUT2D eigenvalue weighted by Gasteiger charge is -2.28. The Kier molecular flexibility index (Phi) is 4.53. The van der Waals surface area contributed by atoms with Gasteiger partial charge in [-0.2, -0.15) is 5.26 Å². The highest BCUT2D eigenvalue weighted by Gasteiger charge is 2.22.